The summed E-state index contributed by atoms with van der Waals surface area (Å²) in [5, 5.41) is 3.81. The first-order chi connectivity index (χ1) is 10.7. The van der Waals surface area contributed by atoms with E-state index in [1.165, 1.54) is 29.3 Å². The molecule has 118 valence electrons. The third-order valence-electron chi connectivity index (χ3n) is 5.15. The number of aromatic nitrogens is 1. The summed E-state index contributed by atoms with van der Waals surface area (Å²) >= 11 is 0. The van der Waals surface area contributed by atoms with Crippen molar-refractivity contribution in [1.82, 2.24) is 4.98 Å². The molecule has 2 aromatic rings. The van der Waals surface area contributed by atoms with Crippen LogP contribution >= 0.6 is 0 Å². The van der Waals surface area contributed by atoms with E-state index in [0.29, 0.717) is 5.67 Å². The monoisotopic (exact) mass is 312 g/mol. The van der Waals surface area contributed by atoms with Crippen molar-refractivity contribution in [2.45, 2.75) is 51.5 Å². The maximum Gasteiger partial charge on any atom is 0.129 e. The molecule has 1 aromatic carbocycles. The van der Waals surface area contributed by atoms with Gasteiger partial charge in [0, 0.05) is 11.9 Å². The molecule has 0 saturated carbocycles. The molecule has 0 amide bonds. The van der Waals surface area contributed by atoms with Gasteiger partial charge in [-0.1, -0.05) is 75.3 Å². The number of benzene rings is 1. The van der Waals surface area contributed by atoms with Crippen molar-refractivity contribution in [2.24, 2.45) is 0 Å². The zero-order valence-corrected chi connectivity index (χ0v) is 15.3. The Balaban J connectivity index is 2.44. The third kappa shape index (κ3) is 3.41. The number of aryl methyl sites for hydroxylation is 1. The molecule has 0 spiro atoms. The van der Waals surface area contributed by atoms with Gasteiger partial charge in [0.15, 0.2) is 0 Å². The molecule has 0 bridgehead atoms. The molecule has 1 heterocycles. The lowest BCUT2D eigenvalue weighted by Gasteiger charge is -2.38. The molecule has 2 rings (SSSR count). The summed E-state index contributed by atoms with van der Waals surface area (Å²) < 4.78 is 0. The maximum absolute atomic E-state index is 4.57. The van der Waals surface area contributed by atoms with Crippen LogP contribution in [-0.2, 0) is 0 Å². The summed E-state index contributed by atoms with van der Waals surface area (Å²) in [6, 6.07) is 18.9. The van der Waals surface area contributed by atoms with Crippen molar-refractivity contribution in [3.8, 4) is 0 Å². The molecule has 0 fully saturated rings. The number of hydrogen-bond acceptors (Lipinski definition) is 2. The fourth-order valence-electron chi connectivity index (χ4n) is 3.37. The molecular formula is C19H28N2Si. The van der Waals surface area contributed by atoms with E-state index in [2.05, 4.69) is 74.4 Å². The summed E-state index contributed by atoms with van der Waals surface area (Å²) in [7, 11) is -1.44. The van der Waals surface area contributed by atoms with Crippen LogP contribution in [0.15, 0.2) is 48.7 Å². The van der Waals surface area contributed by atoms with Crippen LogP contribution in [0.4, 0.5) is 5.82 Å². The highest BCUT2D eigenvalue weighted by atomic mass is 28.3. The summed E-state index contributed by atoms with van der Waals surface area (Å²) in [4.78, 5) is 4.57. The number of pyridine rings is 1. The van der Waals surface area contributed by atoms with Gasteiger partial charge in [0.25, 0.3) is 0 Å². The lowest BCUT2D eigenvalue weighted by molar-refractivity contribution is 0.943. The summed E-state index contributed by atoms with van der Waals surface area (Å²) in [6.45, 7) is 9.22. The first kappa shape index (κ1) is 16.8. The lowest BCUT2D eigenvalue weighted by atomic mass is 10.2. The first-order valence-corrected chi connectivity index (χ1v) is 11.1. The Morgan fingerprint density at radius 3 is 2.14 bits per heavy atom. The Morgan fingerprint density at radius 1 is 0.955 bits per heavy atom. The molecule has 2 nitrogen and oxygen atoms in total. The summed E-state index contributed by atoms with van der Waals surface area (Å²) in [6.07, 6.45) is 1.88. The van der Waals surface area contributed by atoms with E-state index in [1.807, 2.05) is 12.3 Å². The van der Waals surface area contributed by atoms with E-state index in [-0.39, 0.29) is 0 Å². The molecule has 22 heavy (non-hydrogen) atoms. The molecular weight excluding hydrogens is 284 g/mol. The zero-order valence-electron chi connectivity index (χ0n) is 14.3. The molecule has 0 aliphatic rings. The van der Waals surface area contributed by atoms with Gasteiger partial charge >= 0.3 is 0 Å². The Labute approximate surface area is 136 Å². The minimum Gasteiger partial charge on any atom is -0.366 e. The first-order valence-electron chi connectivity index (χ1n) is 8.40. The molecule has 1 N–H and O–H groups in total. The van der Waals surface area contributed by atoms with Gasteiger partial charge in [-0.2, -0.15) is 0 Å². The maximum atomic E-state index is 4.57. The number of nitrogens with one attached hydrogen (secondary N) is 1. The van der Waals surface area contributed by atoms with Gasteiger partial charge in [0.1, 0.15) is 5.82 Å². The van der Waals surface area contributed by atoms with Crippen LogP contribution < -0.4 is 5.32 Å². The highest BCUT2D eigenvalue weighted by molar-refractivity contribution is 6.81. The van der Waals surface area contributed by atoms with Crippen LogP contribution in [0.2, 0.25) is 18.1 Å². The van der Waals surface area contributed by atoms with Crippen LogP contribution in [0, 0.1) is 6.92 Å². The zero-order chi connectivity index (χ0) is 16.0. The Hall–Kier alpha value is -1.61. The van der Waals surface area contributed by atoms with Crippen molar-refractivity contribution in [2.75, 3.05) is 5.32 Å². The van der Waals surface area contributed by atoms with Gasteiger partial charge in [-0.25, -0.2) is 4.98 Å². The highest BCUT2D eigenvalue weighted by Crippen LogP contribution is 2.37. The fourth-order valence-corrected chi connectivity index (χ4v) is 7.44. The van der Waals surface area contributed by atoms with E-state index in [4.69, 9.17) is 0 Å². The second-order valence-corrected chi connectivity index (χ2v) is 11.5. The van der Waals surface area contributed by atoms with Gasteiger partial charge in [-0.05, 0) is 24.1 Å². The fraction of sp³-hybridized carbons (Fsp3) is 0.421. The van der Waals surface area contributed by atoms with Crippen LogP contribution in [0.25, 0.3) is 0 Å². The topological polar surface area (TPSA) is 24.9 Å². The van der Waals surface area contributed by atoms with Gasteiger partial charge in [0.05, 0.1) is 8.07 Å². The normalized spacial score (nSPS) is 12.9. The smallest absolute Gasteiger partial charge is 0.129 e. The molecule has 1 atom stereocenters. The second kappa shape index (κ2) is 7.59. The summed E-state index contributed by atoms with van der Waals surface area (Å²) in [5.41, 5.74) is 3.04. The molecule has 3 heteroatoms. The SMILES string of the molecule is CC[Si](CC)(CC)C(Nc1ncccc1C)c1ccccc1. The van der Waals surface area contributed by atoms with Gasteiger partial charge < -0.3 is 5.32 Å². The predicted molar refractivity (Wildman–Crippen MR) is 99.0 cm³/mol. The molecule has 1 unspecified atom stereocenters. The predicted octanol–water partition coefficient (Wildman–Crippen LogP) is 5.59. The Morgan fingerprint density at radius 2 is 1.59 bits per heavy atom. The number of rotatable bonds is 7. The van der Waals surface area contributed by atoms with Crippen LogP contribution in [0.5, 0.6) is 0 Å². The molecule has 0 aliphatic carbocycles. The van der Waals surface area contributed by atoms with E-state index in [1.54, 1.807) is 0 Å². The van der Waals surface area contributed by atoms with Gasteiger partial charge in [-0.3, -0.25) is 0 Å². The van der Waals surface area contributed by atoms with Gasteiger partial charge in [-0.15, -0.1) is 0 Å². The van der Waals surface area contributed by atoms with Crippen molar-refractivity contribution in [3.63, 3.8) is 0 Å². The number of anilines is 1. The molecule has 0 saturated heterocycles. The van der Waals surface area contributed by atoms with Crippen molar-refractivity contribution in [1.29, 1.82) is 0 Å². The van der Waals surface area contributed by atoms with Gasteiger partial charge in [0.2, 0.25) is 0 Å². The standard InChI is InChI=1S/C19H28N2Si/c1-5-22(6-2,7-3)19(17-13-9-8-10-14-17)21-18-16(4)12-11-15-20-18/h8-15,19H,5-7H2,1-4H3,(H,20,21). The molecule has 0 radical (unpaired) electrons. The van der Waals surface area contributed by atoms with E-state index >= 15 is 0 Å². The average Bonchev–Trinajstić information content (AvgIpc) is 2.58. The minimum atomic E-state index is -1.44. The van der Waals surface area contributed by atoms with Crippen molar-refractivity contribution >= 4 is 13.9 Å². The number of nitrogens with zero attached hydrogens (tertiary/aromatic N) is 1. The van der Waals surface area contributed by atoms with Crippen molar-refractivity contribution in [3.05, 3.63) is 59.8 Å². The largest absolute Gasteiger partial charge is 0.366 e. The quantitative estimate of drug-likeness (QED) is 0.674. The molecule has 0 aliphatic heterocycles. The van der Waals surface area contributed by atoms with Crippen molar-refractivity contribution < 1.29 is 0 Å². The van der Waals surface area contributed by atoms with E-state index < -0.39 is 8.07 Å². The van der Waals surface area contributed by atoms with Crippen LogP contribution in [-0.4, -0.2) is 13.1 Å². The highest BCUT2D eigenvalue weighted by Gasteiger charge is 2.37. The van der Waals surface area contributed by atoms with Crippen LogP contribution in [0.3, 0.4) is 0 Å². The Bertz CT molecular complexity index is 571. The number of hydrogen-bond donors (Lipinski definition) is 1. The second-order valence-electron chi connectivity index (χ2n) is 6.08. The third-order valence-corrected chi connectivity index (χ3v) is 11.1. The minimum absolute atomic E-state index is 0.419. The van der Waals surface area contributed by atoms with E-state index in [0.717, 1.165) is 5.82 Å². The van der Waals surface area contributed by atoms with Crippen LogP contribution in [0.1, 0.15) is 37.6 Å². The van der Waals surface area contributed by atoms with E-state index in [9.17, 15) is 0 Å². The average molecular weight is 313 g/mol. The lowest BCUT2D eigenvalue weighted by Crippen LogP contribution is -2.44. The Kier molecular flexibility index (Phi) is 5.78. The molecule has 1 aromatic heterocycles. The summed E-state index contributed by atoms with van der Waals surface area (Å²) in [5.74, 6) is 1.03.